The van der Waals surface area contributed by atoms with E-state index in [9.17, 15) is 5.21 Å². The average molecular weight is 460 g/mol. The molecule has 5 nitrogen and oxygen atoms in total. The molecule has 3 aromatic carbocycles. The zero-order valence-corrected chi connectivity index (χ0v) is 19.4. The maximum Gasteiger partial charge on any atom is 0.113 e. The second-order valence-corrected chi connectivity index (χ2v) is 8.57. The SMILES string of the molecule is C=CC[C@@H]1[C@@H](OCc2ccccc2)[C@H](OCc2ccccc2)[C@H](OCc2ccccc2)CN1O. The number of hydrogen-bond donors (Lipinski definition) is 1. The van der Waals surface area contributed by atoms with Crippen molar-refractivity contribution < 1.29 is 19.4 Å². The first-order chi connectivity index (χ1) is 16.7. The number of nitrogens with zero attached hydrogens (tertiary/aromatic N) is 1. The summed E-state index contributed by atoms with van der Waals surface area (Å²) < 4.78 is 19.2. The van der Waals surface area contributed by atoms with E-state index in [1.165, 1.54) is 5.06 Å². The molecule has 4 rings (SSSR count). The minimum absolute atomic E-state index is 0.279. The molecule has 0 spiro atoms. The third-order valence-corrected chi connectivity index (χ3v) is 6.10. The minimum atomic E-state index is -0.401. The number of rotatable bonds is 11. The van der Waals surface area contributed by atoms with E-state index in [2.05, 4.69) is 6.58 Å². The van der Waals surface area contributed by atoms with Gasteiger partial charge in [0.2, 0.25) is 0 Å². The third-order valence-electron chi connectivity index (χ3n) is 6.10. The van der Waals surface area contributed by atoms with Crippen molar-refractivity contribution in [1.82, 2.24) is 5.06 Å². The fourth-order valence-electron chi connectivity index (χ4n) is 4.32. The van der Waals surface area contributed by atoms with Crippen molar-refractivity contribution >= 4 is 0 Å². The van der Waals surface area contributed by atoms with E-state index in [-0.39, 0.29) is 18.2 Å². The molecule has 5 heteroatoms. The number of hydroxylamine groups is 2. The molecule has 0 bridgehead atoms. The van der Waals surface area contributed by atoms with Gasteiger partial charge in [0.25, 0.3) is 0 Å². The van der Waals surface area contributed by atoms with Crippen molar-refractivity contribution in [2.24, 2.45) is 0 Å². The minimum Gasteiger partial charge on any atom is -0.369 e. The average Bonchev–Trinajstić information content (AvgIpc) is 2.89. The van der Waals surface area contributed by atoms with Crippen LogP contribution in [0.2, 0.25) is 0 Å². The van der Waals surface area contributed by atoms with Crippen molar-refractivity contribution in [3.8, 4) is 0 Å². The number of benzene rings is 3. The molecule has 1 N–H and O–H groups in total. The summed E-state index contributed by atoms with van der Waals surface area (Å²) in [6.07, 6.45) is 1.26. The van der Waals surface area contributed by atoms with Crippen LogP contribution < -0.4 is 0 Å². The van der Waals surface area contributed by atoms with Gasteiger partial charge in [0, 0.05) is 0 Å². The molecule has 0 aromatic heterocycles. The third kappa shape index (κ3) is 6.63. The summed E-state index contributed by atoms with van der Waals surface area (Å²) in [7, 11) is 0. The highest BCUT2D eigenvalue weighted by Gasteiger charge is 2.45. The first-order valence-corrected chi connectivity index (χ1v) is 11.8. The molecule has 1 heterocycles. The van der Waals surface area contributed by atoms with E-state index in [1.807, 2.05) is 97.1 Å². The normalized spacial score (nSPS) is 23.0. The molecular weight excluding hydrogens is 426 g/mol. The zero-order valence-electron chi connectivity index (χ0n) is 19.4. The Morgan fingerprint density at radius 1 is 0.706 bits per heavy atom. The molecule has 0 unspecified atom stereocenters. The fraction of sp³-hybridized carbons (Fsp3) is 0.310. The van der Waals surface area contributed by atoms with Crippen LogP contribution in [0.1, 0.15) is 23.1 Å². The second kappa shape index (κ2) is 12.6. The Morgan fingerprint density at radius 3 is 1.62 bits per heavy atom. The Morgan fingerprint density at radius 2 is 1.15 bits per heavy atom. The van der Waals surface area contributed by atoms with Crippen LogP contribution in [0.4, 0.5) is 0 Å². The molecule has 34 heavy (non-hydrogen) atoms. The Balaban J connectivity index is 1.55. The number of ether oxygens (including phenoxy) is 3. The van der Waals surface area contributed by atoms with E-state index in [0.29, 0.717) is 32.8 Å². The molecule has 3 aromatic rings. The quantitative estimate of drug-likeness (QED) is 0.390. The Kier molecular flexibility index (Phi) is 9.02. The predicted molar refractivity (Wildman–Crippen MR) is 132 cm³/mol. The van der Waals surface area contributed by atoms with E-state index in [4.69, 9.17) is 14.2 Å². The van der Waals surface area contributed by atoms with Crippen LogP contribution in [0.25, 0.3) is 0 Å². The predicted octanol–water partition coefficient (Wildman–Crippen LogP) is 5.39. The molecule has 1 saturated heterocycles. The maximum absolute atomic E-state index is 10.9. The van der Waals surface area contributed by atoms with Crippen molar-refractivity contribution in [3.05, 3.63) is 120 Å². The van der Waals surface area contributed by atoms with Gasteiger partial charge in [-0.15, -0.1) is 6.58 Å². The van der Waals surface area contributed by atoms with Crippen molar-refractivity contribution in [2.75, 3.05) is 6.54 Å². The molecule has 1 aliphatic rings. The zero-order chi connectivity index (χ0) is 23.6. The smallest absolute Gasteiger partial charge is 0.113 e. The maximum atomic E-state index is 10.9. The van der Waals surface area contributed by atoms with Gasteiger partial charge in [-0.1, -0.05) is 97.1 Å². The van der Waals surface area contributed by atoms with Crippen LogP contribution >= 0.6 is 0 Å². The lowest BCUT2D eigenvalue weighted by molar-refractivity contribution is -0.265. The summed E-state index contributed by atoms with van der Waals surface area (Å²) in [5.41, 5.74) is 3.22. The van der Waals surface area contributed by atoms with E-state index >= 15 is 0 Å². The summed E-state index contributed by atoms with van der Waals surface area (Å²) >= 11 is 0. The van der Waals surface area contributed by atoms with Gasteiger partial charge in [-0.25, -0.2) is 0 Å². The molecule has 0 aliphatic carbocycles. The molecule has 1 fully saturated rings. The van der Waals surface area contributed by atoms with E-state index in [0.717, 1.165) is 16.7 Å². The van der Waals surface area contributed by atoms with Crippen molar-refractivity contribution in [1.29, 1.82) is 0 Å². The molecule has 1 aliphatic heterocycles. The van der Waals surface area contributed by atoms with E-state index < -0.39 is 6.10 Å². The summed E-state index contributed by atoms with van der Waals surface area (Å²) in [4.78, 5) is 0. The number of hydrogen-bond acceptors (Lipinski definition) is 5. The lowest BCUT2D eigenvalue weighted by atomic mass is 9.92. The largest absolute Gasteiger partial charge is 0.369 e. The summed E-state index contributed by atoms with van der Waals surface area (Å²) in [6.45, 7) is 5.51. The Bertz CT molecular complexity index is 983. The Hall–Kier alpha value is -2.80. The molecule has 178 valence electrons. The summed E-state index contributed by atoms with van der Waals surface area (Å²) in [5, 5.41) is 12.2. The van der Waals surface area contributed by atoms with Crippen LogP contribution in [-0.4, -0.2) is 41.2 Å². The van der Waals surface area contributed by atoms with Gasteiger partial charge >= 0.3 is 0 Å². The highest BCUT2D eigenvalue weighted by Crippen LogP contribution is 2.29. The highest BCUT2D eigenvalue weighted by molar-refractivity contribution is 5.16. The van der Waals surface area contributed by atoms with Gasteiger partial charge in [-0.2, -0.15) is 5.06 Å². The number of piperidine rings is 1. The van der Waals surface area contributed by atoms with Crippen LogP contribution in [0.15, 0.2) is 104 Å². The Labute approximate surface area is 202 Å². The fourth-order valence-corrected chi connectivity index (χ4v) is 4.32. The van der Waals surface area contributed by atoms with Gasteiger partial charge in [-0.05, 0) is 23.1 Å². The van der Waals surface area contributed by atoms with Gasteiger partial charge in [0.1, 0.15) is 18.3 Å². The topological polar surface area (TPSA) is 51.2 Å². The summed E-state index contributed by atoms with van der Waals surface area (Å²) in [6, 6.07) is 29.9. The van der Waals surface area contributed by atoms with Crippen LogP contribution in [0, 0.1) is 0 Å². The second-order valence-electron chi connectivity index (χ2n) is 8.57. The van der Waals surface area contributed by atoms with Crippen LogP contribution in [0.3, 0.4) is 0 Å². The highest BCUT2D eigenvalue weighted by atomic mass is 16.6. The van der Waals surface area contributed by atoms with Crippen LogP contribution in [-0.2, 0) is 34.0 Å². The molecule has 0 amide bonds. The first kappa shape index (κ1) is 24.3. The van der Waals surface area contributed by atoms with Gasteiger partial charge in [-0.3, -0.25) is 0 Å². The monoisotopic (exact) mass is 459 g/mol. The lowest BCUT2D eigenvalue weighted by Gasteiger charge is -2.45. The van der Waals surface area contributed by atoms with Crippen molar-refractivity contribution in [2.45, 2.75) is 50.6 Å². The van der Waals surface area contributed by atoms with Gasteiger partial charge in [0.05, 0.1) is 32.4 Å². The molecule has 4 atom stereocenters. The molecule has 0 saturated carbocycles. The molecular formula is C29H33NO4. The van der Waals surface area contributed by atoms with E-state index in [1.54, 1.807) is 0 Å². The van der Waals surface area contributed by atoms with Crippen LogP contribution in [0.5, 0.6) is 0 Å². The van der Waals surface area contributed by atoms with Gasteiger partial charge in [0.15, 0.2) is 0 Å². The standard InChI is InChI=1S/C29H33NO4/c1-2-12-26-28(33-21-24-15-8-4-9-16-24)29(34-22-25-17-10-5-11-18-25)27(19-30(26)31)32-20-23-13-6-3-7-14-23/h2-11,13-18,26-29,31H,1,12,19-22H2/t26-,27-,28-,29-/m1/s1. The summed E-state index contributed by atoms with van der Waals surface area (Å²) in [5.74, 6) is 0. The molecule has 0 radical (unpaired) electrons. The lowest BCUT2D eigenvalue weighted by Crippen LogP contribution is -2.62. The first-order valence-electron chi connectivity index (χ1n) is 11.8. The van der Waals surface area contributed by atoms with Gasteiger partial charge < -0.3 is 19.4 Å². The van der Waals surface area contributed by atoms with Crippen molar-refractivity contribution in [3.63, 3.8) is 0 Å².